The van der Waals surface area contributed by atoms with Crippen molar-refractivity contribution in [2.45, 2.75) is 19.8 Å². The lowest BCUT2D eigenvalue weighted by Gasteiger charge is -2.26. The monoisotopic (exact) mass is 616 g/mol. The molecule has 8 N–H and O–H groups in total. The molecular weight excluding hydrogens is 580 g/mol. The summed E-state index contributed by atoms with van der Waals surface area (Å²) in [4.78, 5) is 61.2. The van der Waals surface area contributed by atoms with Gasteiger partial charge in [0, 0.05) is 49.3 Å². The van der Waals surface area contributed by atoms with Gasteiger partial charge in [-0.3, -0.25) is 14.6 Å². The zero-order valence-electron chi connectivity index (χ0n) is 24.2. The quantitative estimate of drug-likeness (QED) is 0.0729. The molecule has 0 aliphatic carbocycles. The number of carboxylic acid groups (broad SMARTS) is 2. The van der Waals surface area contributed by atoms with Gasteiger partial charge in [0.1, 0.15) is 13.2 Å². The van der Waals surface area contributed by atoms with Gasteiger partial charge in [0.05, 0.1) is 11.4 Å². The summed E-state index contributed by atoms with van der Waals surface area (Å²) in [5, 5.41) is 27.7. The lowest BCUT2D eigenvalue weighted by Crippen LogP contribution is -2.34. The van der Waals surface area contributed by atoms with Crippen molar-refractivity contribution in [2.24, 2.45) is 11.5 Å². The Kier molecular flexibility index (Phi) is 12.1. The minimum Gasteiger partial charge on any atom is -0.465 e. The number of nitrogens with one attached hydrogen (secondary N) is 2. The molecule has 16 nitrogen and oxygen atoms in total. The smallest absolute Gasteiger partial charge is 0.411 e. The number of benzene rings is 2. The molecule has 0 fully saturated rings. The second-order valence-electron chi connectivity index (χ2n) is 9.56. The van der Waals surface area contributed by atoms with Crippen LogP contribution in [0.1, 0.15) is 30.3 Å². The molecule has 4 amide bonds. The van der Waals surface area contributed by atoms with Crippen LogP contribution in [-0.2, 0) is 9.47 Å². The predicted molar refractivity (Wildman–Crippen MR) is 161 cm³/mol. The maximum Gasteiger partial charge on any atom is 0.411 e. The van der Waals surface area contributed by atoms with Crippen LogP contribution in [-0.4, -0.2) is 92.9 Å². The number of carbonyl (C=O) groups is 5. The summed E-state index contributed by atoms with van der Waals surface area (Å²) < 4.78 is 15.2. The number of nitrogens with two attached hydrogens (primary N) is 2. The number of ether oxygens (including phenoxy) is 2. The van der Waals surface area contributed by atoms with Gasteiger partial charge in [-0.1, -0.05) is 24.3 Å². The maximum atomic E-state index is 12.6. The van der Waals surface area contributed by atoms with Crippen molar-refractivity contribution in [3.63, 3.8) is 0 Å². The molecule has 1 aromatic heterocycles. The molecule has 3 rings (SSSR count). The van der Waals surface area contributed by atoms with Crippen molar-refractivity contribution in [1.29, 1.82) is 0 Å². The van der Waals surface area contributed by atoms with Crippen molar-refractivity contribution >= 4 is 63.3 Å². The standard InChI is InChI=1S/C28H36N6O10/c1-17(35)21-16-20-22(33(27(38)39)12-4-8-31-10-14-42-25(29)36)18-6-2-3-7-19(18)23(24(20)44-21)34(28(40)41)13-5-9-32-11-15-43-26(30)37/h2-3,6-7,16,31-32H,4-5,8-15H2,1H3,(H2,29,36)(H2,30,37)(H,38,39)(H,40,41). The third-order valence-electron chi connectivity index (χ3n) is 6.51. The van der Waals surface area contributed by atoms with Gasteiger partial charge in [-0.2, -0.15) is 0 Å². The summed E-state index contributed by atoms with van der Waals surface area (Å²) in [7, 11) is 0. The molecule has 44 heavy (non-hydrogen) atoms. The first kappa shape index (κ1) is 33.4. The first-order valence-corrected chi connectivity index (χ1v) is 13.8. The highest BCUT2D eigenvalue weighted by atomic mass is 16.5. The molecule has 2 aromatic carbocycles. The summed E-state index contributed by atoms with van der Waals surface area (Å²) in [6, 6.07) is 8.18. The number of primary amides is 2. The number of nitrogens with zero attached hydrogens (tertiary/aromatic N) is 2. The topological polar surface area (TPSA) is 240 Å². The lowest BCUT2D eigenvalue weighted by molar-refractivity contribution is 0.0989. The van der Waals surface area contributed by atoms with Gasteiger partial charge in [0.15, 0.2) is 17.1 Å². The van der Waals surface area contributed by atoms with E-state index < -0.39 is 30.2 Å². The third-order valence-corrected chi connectivity index (χ3v) is 6.51. The normalized spacial score (nSPS) is 10.9. The van der Waals surface area contributed by atoms with Crippen LogP contribution in [0.5, 0.6) is 0 Å². The highest BCUT2D eigenvalue weighted by Gasteiger charge is 2.29. The first-order valence-electron chi connectivity index (χ1n) is 13.8. The predicted octanol–water partition coefficient (Wildman–Crippen LogP) is 2.91. The number of fused-ring (bicyclic) bond motifs is 2. The van der Waals surface area contributed by atoms with Gasteiger partial charge in [-0.05, 0) is 32.0 Å². The summed E-state index contributed by atoms with van der Waals surface area (Å²) in [5.41, 5.74) is 10.4. The van der Waals surface area contributed by atoms with Crippen molar-refractivity contribution in [2.75, 3.05) is 62.3 Å². The van der Waals surface area contributed by atoms with E-state index in [1.165, 1.54) is 13.0 Å². The molecule has 238 valence electrons. The fraction of sp³-hybridized carbons (Fsp3) is 0.393. The van der Waals surface area contributed by atoms with Crippen LogP contribution in [0.25, 0.3) is 21.7 Å². The molecule has 1 heterocycles. The molecule has 0 bridgehead atoms. The van der Waals surface area contributed by atoms with Gasteiger partial charge in [-0.25, -0.2) is 19.2 Å². The van der Waals surface area contributed by atoms with Crippen LogP contribution < -0.4 is 31.9 Å². The molecular formula is C28H36N6O10. The number of ketones is 1. The Morgan fingerprint density at radius 3 is 1.70 bits per heavy atom. The van der Waals surface area contributed by atoms with Crippen LogP contribution in [0.3, 0.4) is 0 Å². The van der Waals surface area contributed by atoms with Gasteiger partial charge >= 0.3 is 24.4 Å². The number of Topliss-reactive ketones (excluding diaryl/α,β-unsaturated/α-hetero) is 1. The molecule has 0 aliphatic heterocycles. The van der Waals surface area contributed by atoms with E-state index >= 15 is 0 Å². The zero-order chi connectivity index (χ0) is 32.2. The van der Waals surface area contributed by atoms with E-state index in [0.29, 0.717) is 49.8 Å². The Labute approximate surface area is 251 Å². The summed E-state index contributed by atoms with van der Waals surface area (Å²) >= 11 is 0. The van der Waals surface area contributed by atoms with Crippen LogP contribution in [0, 0.1) is 0 Å². The molecule has 0 radical (unpaired) electrons. The Balaban J connectivity index is 1.98. The van der Waals surface area contributed by atoms with Crippen LogP contribution in [0.15, 0.2) is 34.7 Å². The van der Waals surface area contributed by atoms with Gasteiger partial charge in [0.2, 0.25) is 0 Å². The highest BCUT2D eigenvalue weighted by Crippen LogP contribution is 2.45. The minimum atomic E-state index is -1.27. The molecule has 3 aromatic rings. The summed E-state index contributed by atoms with van der Waals surface area (Å²) in [6.45, 7) is 2.91. The molecule has 0 spiro atoms. The van der Waals surface area contributed by atoms with E-state index in [-0.39, 0.29) is 54.4 Å². The lowest BCUT2D eigenvalue weighted by atomic mass is 10.0. The summed E-state index contributed by atoms with van der Waals surface area (Å²) in [5.74, 6) is -0.476. The maximum absolute atomic E-state index is 12.6. The second kappa shape index (κ2) is 15.9. The number of rotatable bonds is 17. The van der Waals surface area contributed by atoms with Crippen LogP contribution in [0.4, 0.5) is 30.6 Å². The molecule has 0 unspecified atom stereocenters. The molecule has 0 atom stereocenters. The Bertz CT molecular complexity index is 1400. The number of hydrogen-bond acceptors (Lipinski definition) is 10. The Morgan fingerprint density at radius 2 is 1.25 bits per heavy atom. The Hall–Kier alpha value is -5.09. The number of amides is 4. The zero-order valence-corrected chi connectivity index (χ0v) is 24.2. The van der Waals surface area contributed by atoms with Crippen molar-refractivity contribution in [1.82, 2.24) is 10.6 Å². The van der Waals surface area contributed by atoms with Gasteiger partial charge < -0.3 is 46.2 Å². The largest absolute Gasteiger partial charge is 0.465 e. The number of hydrogen-bond donors (Lipinski definition) is 6. The molecule has 0 aliphatic rings. The molecule has 16 heteroatoms. The SMILES string of the molecule is CC(=O)c1cc2c(N(CCCNCCOC(N)=O)C(=O)O)c3ccccc3c(N(CCCNCCOC(N)=O)C(=O)O)c2o1. The minimum absolute atomic E-state index is 0.0291. The van der Waals surface area contributed by atoms with E-state index in [9.17, 15) is 34.2 Å². The van der Waals surface area contributed by atoms with E-state index in [2.05, 4.69) is 20.1 Å². The number of furan rings is 1. The average Bonchev–Trinajstić information content (AvgIpc) is 3.40. The van der Waals surface area contributed by atoms with E-state index in [1.807, 2.05) is 0 Å². The van der Waals surface area contributed by atoms with Crippen LogP contribution in [0.2, 0.25) is 0 Å². The highest BCUT2D eigenvalue weighted by molar-refractivity contribution is 6.23. The molecule has 0 saturated heterocycles. The van der Waals surface area contributed by atoms with Crippen molar-refractivity contribution < 1.29 is 48.1 Å². The summed E-state index contributed by atoms with van der Waals surface area (Å²) in [6.07, 6.45) is -3.58. The van der Waals surface area contributed by atoms with E-state index in [0.717, 1.165) is 9.80 Å². The number of carbonyl (C=O) groups excluding carboxylic acids is 3. The third kappa shape index (κ3) is 8.71. The van der Waals surface area contributed by atoms with Crippen molar-refractivity contribution in [3.05, 3.63) is 36.1 Å². The first-order chi connectivity index (χ1) is 21.0. The fourth-order valence-electron chi connectivity index (χ4n) is 4.67. The van der Waals surface area contributed by atoms with Gasteiger partial charge in [0.25, 0.3) is 0 Å². The average molecular weight is 617 g/mol. The van der Waals surface area contributed by atoms with Crippen molar-refractivity contribution in [3.8, 4) is 0 Å². The fourth-order valence-corrected chi connectivity index (χ4v) is 4.67. The van der Waals surface area contributed by atoms with E-state index in [1.54, 1.807) is 24.3 Å². The number of anilines is 2. The van der Waals surface area contributed by atoms with Crippen LogP contribution >= 0.6 is 0 Å². The van der Waals surface area contributed by atoms with Gasteiger partial charge in [-0.15, -0.1) is 0 Å². The second-order valence-corrected chi connectivity index (χ2v) is 9.56. The Morgan fingerprint density at radius 1 is 0.773 bits per heavy atom. The molecule has 0 saturated carbocycles. The van der Waals surface area contributed by atoms with E-state index in [4.69, 9.17) is 15.9 Å².